The van der Waals surface area contributed by atoms with Crippen molar-refractivity contribution in [1.29, 1.82) is 0 Å². The van der Waals surface area contributed by atoms with Gasteiger partial charge in [0.2, 0.25) is 0 Å². The van der Waals surface area contributed by atoms with Crippen LogP contribution in [0.15, 0.2) is 103 Å². The molecular weight excluding hydrogens is 337 g/mol. The summed E-state index contributed by atoms with van der Waals surface area (Å²) in [4.78, 5) is 1.99. The van der Waals surface area contributed by atoms with Crippen LogP contribution in [0.2, 0.25) is 0 Å². The van der Waals surface area contributed by atoms with E-state index in [9.17, 15) is 5.11 Å². The Balaban J connectivity index is 2.32. The Labute approximate surface area is 156 Å². The minimum atomic E-state index is -2.10. The summed E-state index contributed by atoms with van der Waals surface area (Å²) in [5.74, 6) is 2.51. The van der Waals surface area contributed by atoms with Gasteiger partial charge in [0.25, 0.3) is 0 Å². The van der Waals surface area contributed by atoms with Crippen LogP contribution in [0, 0.1) is 0 Å². The molecule has 3 aromatic carbocycles. The van der Waals surface area contributed by atoms with Gasteiger partial charge in [-0.1, -0.05) is 54.6 Å². The molecule has 0 aliphatic carbocycles. The third-order valence-electron chi connectivity index (χ3n) is 4.31. The maximum absolute atomic E-state index is 10.8. The summed E-state index contributed by atoms with van der Waals surface area (Å²) >= 11 is 0. The molecule has 0 bridgehead atoms. The number of aliphatic hydroxyl groups excluding tert-OH is 1. The van der Waals surface area contributed by atoms with Crippen LogP contribution >= 0.6 is 7.26 Å². The molecule has 26 heavy (non-hydrogen) atoms. The first-order chi connectivity index (χ1) is 12.6. The highest BCUT2D eigenvalue weighted by molar-refractivity contribution is 7.98. The molecule has 0 saturated carbocycles. The molecule has 0 fully saturated rings. The summed E-state index contributed by atoms with van der Waals surface area (Å²) in [5, 5.41) is 14.5. The van der Waals surface area contributed by atoms with Crippen molar-refractivity contribution < 1.29 is 5.11 Å². The van der Waals surface area contributed by atoms with Gasteiger partial charge >= 0.3 is 0 Å². The van der Waals surface area contributed by atoms with Crippen molar-refractivity contribution in [3.05, 3.63) is 103 Å². The van der Waals surface area contributed by atoms with E-state index in [0.29, 0.717) is 12.3 Å². The molecular formula is C23H25NOP+. The van der Waals surface area contributed by atoms with Crippen molar-refractivity contribution in [2.75, 3.05) is 20.6 Å². The van der Waals surface area contributed by atoms with Crippen LogP contribution in [0.3, 0.4) is 0 Å². The molecule has 0 unspecified atom stereocenters. The van der Waals surface area contributed by atoms with E-state index in [2.05, 4.69) is 78.6 Å². The Morgan fingerprint density at radius 2 is 1.08 bits per heavy atom. The molecule has 0 aliphatic heterocycles. The van der Waals surface area contributed by atoms with Crippen LogP contribution in [0.1, 0.15) is 0 Å². The standard InChI is InChI=1S/C23H24NOP/c1-24(2)18-20(25)19-26(21-12-6-3-7-13-21,22-14-8-4-9-15-22)23-16-10-5-11-17-23/h3-17,19H,18H2,1-2H3/p+1/b20-19-. The largest absolute Gasteiger partial charge is 0.507 e. The lowest BCUT2D eigenvalue weighted by Gasteiger charge is -2.24. The smallest absolute Gasteiger partial charge is 0.142 e. The topological polar surface area (TPSA) is 23.5 Å². The number of nitrogens with zero attached hydrogens (tertiary/aromatic N) is 1. The zero-order chi connectivity index (χ0) is 18.4. The molecule has 0 atom stereocenters. The predicted molar refractivity (Wildman–Crippen MR) is 114 cm³/mol. The lowest BCUT2D eigenvalue weighted by molar-refractivity contribution is 0.325. The van der Waals surface area contributed by atoms with Gasteiger partial charge < -0.3 is 10.0 Å². The Kier molecular flexibility index (Phi) is 5.88. The van der Waals surface area contributed by atoms with Gasteiger partial charge in [-0.3, -0.25) is 0 Å². The molecule has 3 aromatic rings. The van der Waals surface area contributed by atoms with Gasteiger partial charge in [0.1, 0.15) is 34.8 Å². The number of aliphatic hydroxyl groups is 1. The monoisotopic (exact) mass is 362 g/mol. The fraction of sp³-hybridized carbons (Fsp3) is 0.130. The number of benzene rings is 3. The zero-order valence-electron chi connectivity index (χ0n) is 15.3. The molecule has 0 heterocycles. The molecule has 0 amide bonds. The highest BCUT2D eigenvalue weighted by Crippen LogP contribution is 2.57. The molecule has 0 aliphatic rings. The van der Waals surface area contributed by atoms with E-state index in [1.807, 2.05) is 37.2 Å². The lowest BCUT2D eigenvalue weighted by atomic mass is 10.4. The molecule has 0 aromatic heterocycles. The van der Waals surface area contributed by atoms with E-state index in [0.717, 1.165) is 0 Å². The van der Waals surface area contributed by atoms with Crippen molar-refractivity contribution in [3.63, 3.8) is 0 Å². The van der Waals surface area contributed by atoms with Crippen LogP contribution in [-0.4, -0.2) is 30.6 Å². The molecule has 0 radical (unpaired) electrons. The first-order valence-electron chi connectivity index (χ1n) is 8.74. The van der Waals surface area contributed by atoms with Gasteiger partial charge in [0.15, 0.2) is 0 Å². The van der Waals surface area contributed by atoms with E-state index < -0.39 is 7.26 Å². The van der Waals surface area contributed by atoms with E-state index >= 15 is 0 Å². The second kappa shape index (κ2) is 8.31. The average Bonchev–Trinajstić information content (AvgIpc) is 2.67. The fourth-order valence-corrected chi connectivity index (χ4v) is 7.05. The highest BCUT2D eigenvalue weighted by Gasteiger charge is 2.44. The van der Waals surface area contributed by atoms with E-state index in [1.165, 1.54) is 15.9 Å². The Bertz CT molecular complexity index is 748. The molecule has 1 N–H and O–H groups in total. The zero-order valence-corrected chi connectivity index (χ0v) is 16.2. The quantitative estimate of drug-likeness (QED) is 0.530. The van der Waals surface area contributed by atoms with Gasteiger partial charge in [0, 0.05) is 0 Å². The molecule has 132 valence electrons. The first-order valence-corrected chi connectivity index (χ1v) is 10.6. The van der Waals surface area contributed by atoms with Gasteiger partial charge in [-0.15, -0.1) is 0 Å². The van der Waals surface area contributed by atoms with E-state index in [4.69, 9.17) is 0 Å². The summed E-state index contributed by atoms with van der Waals surface area (Å²) in [6, 6.07) is 31.6. The SMILES string of the molecule is CN(C)C/C(O)=C/[P+](c1ccccc1)(c1ccccc1)c1ccccc1. The Morgan fingerprint density at radius 3 is 1.38 bits per heavy atom. The van der Waals surface area contributed by atoms with Crippen LogP contribution < -0.4 is 15.9 Å². The molecule has 3 heteroatoms. The van der Waals surface area contributed by atoms with Crippen molar-refractivity contribution in [2.24, 2.45) is 0 Å². The Hall–Kier alpha value is -2.41. The molecule has 3 rings (SSSR count). The third kappa shape index (κ3) is 3.88. The predicted octanol–water partition coefficient (Wildman–Crippen LogP) is 3.94. The number of hydrogen-bond acceptors (Lipinski definition) is 2. The third-order valence-corrected chi connectivity index (χ3v) is 8.33. The number of rotatable bonds is 6. The lowest BCUT2D eigenvalue weighted by Crippen LogP contribution is -2.30. The van der Waals surface area contributed by atoms with E-state index in [1.54, 1.807) is 0 Å². The van der Waals surface area contributed by atoms with Gasteiger partial charge in [-0.25, -0.2) is 0 Å². The van der Waals surface area contributed by atoms with Crippen molar-refractivity contribution in [1.82, 2.24) is 4.90 Å². The summed E-state index contributed by atoms with van der Waals surface area (Å²) < 4.78 is 0. The van der Waals surface area contributed by atoms with Crippen molar-refractivity contribution in [3.8, 4) is 0 Å². The summed E-state index contributed by atoms with van der Waals surface area (Å²) in [6.07, 6.45) is 0. The van der Waals surface area contributed by atoms with Crippen LogP contribution in [-0.2, 0) is 0 Å². The number of hydrogen-bond donors (Lipinski definition) is 1. The first kappa shape index (κ1) is 18.4. The number of likely N-dealkylation sites (N-methyl/N-ethyl adjacent to an activating group) is 1. The minimum absolute atomic E-state index is 0.403. The molecule has 0 saturated heterocycles. The van der Waals surface area contributed by atoms with Crippen LogP contribution in [0.25, 0.3) is 0 Å². The van der Waals surface area contributed by atoms with Crippen molar-refractivity contribution >= 4 is 23.2 Å². The highest BCUT2D eigenvalue weighted by atomic mass is 31.2. The van der Waals surface area contributed by atoms with E-state index in [-0.39, 0.29) is 0 Å². The normalized spacial score (nSPS) is 12.3. The second-order valence-corrected chi connectivity index (χ2v) is 9.84. The van der Waals surface area contributed by atoms with Crippen LogP contribution in [0.5, 0.6) is 0 Å². The average molecular weight is 362 g/mol. The van der Waals surface area contributed by atoms with Crippen LogP contribution in [0.4, 0.5) is 0 Å². The van der Waals surface area contributed by atoms with Gasteiger partial charge in [-0.2, -0.15) is 0 Å². The summed E-state index contributed by atoms with van der Waals surface area (Å²) in [7, 11) is 1.84. The summed E-state index contributed by atoms with van der Waals surface area (Å²) in [6.45, 7) is 0.522. The van der Waals surface area contributed by atoms with Crippen molar-refractivity contribution in [2.45, 2.75) is 0 Å². The maximum atomic E-state index is 10.8. The molecule has 2 nitrogen and oxygen atoms in total. The second-order valence-electron chi connectivity index (χ2n) is 6.59. The van der Waals surface area contributed by atoms with Gasteiger partial charge in [0.05, 0.1) is 6.54 Å². The maximum Gasteiger partial charge on any atom is 0.142 e. The minimum Gasteiger partial charge on any atom is -0.507 e. The fourth-order valence-electron chi connectivity index (χ4n) is 3.25. The van der Waals surface area contributed by atoms with Gasteiger partial charge in [-0.05, 0) is 50.5 Å². The summed E-state index contributed by atoms with van der Waals surface area (Å²) in [5.41, 5.74) is 0. The molecule has 0 spiro atoms. The Morgan fingerprint density at radius 1 is 0.731 bits per heavy atom.